The summed E-state index contributed by atoms with van der Waals surface area (Å²) in [7, 11) is 0. The maximum Gasteiger partial charge on any atom is 0.251 e. The Bertz CT molecular complexity index is 910. The van der Waals surface area contributed by atoms with Gasteiger partial charge >= 0.3 is 0 Å². The molecule has 0 radical (unpaired) electrons. The van der Waals surface area contributed by atoms with Crippen molar-refractivity contribution in [3.05, 3.63) is 76.7 Å². The molecule has 4 heterocycles. The minimum atomic E-state index is -0.104. The Hall–Kier alpha value is -2.86. The van der Waals surface area contributed by atoms with Gasteiger partial charge in [0, 0.05) is 55.4 Å². The second kappa shape index (κ2) is 7.58. The quantitative estimate of drug-likeness (QED) is 0.785. The molecule has 0 amide bonds. The van der Waals surface area contributed by atoms with E-state index in [0.29, 0.717) is 5.82 Å². The first-order valence-electron chi connectivity index (χ1n) is 8.91. The van der Waals surface area contributed by atoms with Crippen molar-refractivity contribution in [2.45, 2.75) is 25.3 Å². The molecule has 1 aliphatic heterocycles. The molecule has 1 unspecified atom stereocenters. The number of aromatic amines is 1. The van der Waals surface area contributed by atoms with Gasteiger partial charge in [-0.1, -0.05) is 0 Å². The van der Waals surface area contributed by atoms with E-state index in [-0.39, 0.29) is 11.5 Å². The van der Waals surface area contributed by atoms with E-state index in [2.05, 4.69) is 32.0 Å². The van der Waals surface area contributed by atoms with Crippen LogP contribution in [0.5, 0.6) is 0 Å². The van der Waals surface area contributed by atoms with Crippen molar-refractivity contribution >= 4 is 0 Å². The van der Waals surface area contributed by atoms with E-state index < -0.39 is 0 Å². The lowest BCUT2D eigenvalue weighted by Crippen LogP contribution is -2.34. The minimum absolute atomic E-state index is 0.104. The van der Waals surface area contributed by atoms with Crippen LogP contribution in [0.15, 0.2) is 59.9 Å². The highest BCUT2D eigenvalue weighted by Gasteiger charge is 2.23. The Kier molecular flexibility index (Phi) is 4.84. The smallest absolute Gasteiger partial charge is 0.251 e. The number of rotatable bonds is 4. The van der Waals surface area contributed by atoms with Crippen LogP contribution in [0.25, 0.3) is 11.4 Å². The summed E-state index contributed by atoms with van der Waals surface area (Å²) in [5.41, 5.74) is 2.91. The molecule has 0 bridgehead atoms. The molecule has 0 aliphatic carbocycles. The number of hydrogen-bond acceptors (Lipinski definition) is 5. The molecule has 0 spiro atoms. The molecular formula is C20H21N5O. The average Bonchev–Trinajstić information content (AvgIpc) is 2.69. The van der Waals surface area contributed by atoms with Crippen LogP contribution in [-0.2, 0) is 6.54 Å². The standard InChI is InChI=1S/C20H21N5O/c26-19-12-18(23-20(24-19)16-5-9-22-10-6-16)17-2-1-11-25(14-17)13-15-3-7-21-8-4-15/h3-10,12,17H,1-2,11,13-14H2,(H,23,24,26). The Morgan fingerprint density at radius 1 is 1.08 bits per heavy atom. The average molecular weight is 347 g/mol. The lowest BCUT2D eigenvalue weighted by molar-refractivity contribution is 0.198. The van der Waals surface area contributed by atoms with Gasteiger partial charge in [-0.2, -0.15) is 0 Å². The van der Waals surface area contributed by atoms with Gasteiger partial charge in [-0.3, -0.25) is 19.7 Å². The van der Waals surface area contributed by atoms with Gasteiger partial charge in [0.1, 0.15) is 5.82 Å². The molecule has 1 saturated heterocycles. The highest BCUT2D eigenvalue weighted by Crippen LogP contribution is 2.27. The van der Waals surface area contributed by atoms with Crippen LogP contribution >= 0.6 is 0 Å². The number of aromatic nitrogens is 4. The molecule has 3 aromatic heterocycles. The van der Waals surface area contributed by atoms with E-state index in [4.69, 9.17) is 4.98 Å². The van der Waals surface area contributed by atoms with Crippen LogP contribution in [-0.4, -0.2) is 37.9 Å². The minimum Gasteiger partial charge on any atom is -0.307 e. The van der Waals surface area contributed by atoms with Gasteiger partial charge < -0.3 is 4.98 Å². The molecule has 6 heteroatoms. The van der Waals surface area contributed by atoms with Crippen molar-refractivity contribution in [2.75, 3.05) is 13.1 Å². The number of pyridine rings is 2. The summed E-state index contributed by atoms with van der Waals surface area (Å²) in [4.78, 5) is 30.3. The third kappa shape index (κ3) is 3.86. The summed E-state index contributed by atoms with van der Waals surface area (Å²) in [6.07, 6.45) is 9.23. The molecular weight excluding hydrogens is 326 g/mol. The van der Waals surface area contributed by atoms with Crippen LogP contribution in [0.4, 0.5) is 0 Å². The number of hydrogen-bond donors (Lipinski definition) is 1. The topological polar surface area (TPSA) is 74.8 Å². The summed E-state index contributed by atoms with van der Waals surface area (Å²) in [5, 5.41) is 0. The molecule has 0 aromatic carbocycles. The first-order chi connectivity index (χ1) is 12.8. The number of likely N-dealkylation sites (tertiary alicyclic amines) is 1. The summed E-state index contributed by atoms with van der Waals surface area (Å²) in [6.45, 7) is 2.88. The SMILES string of the molecule is O=c1cc(C2CCCN(Cc3ccncc3)C2)nc(-c2ccncc2)[nH]1. The summed E-state index contributed by atoms with van der Waals surface area (Å²) < 4.78 is 0. The second-order valence-electron chi connectivity index (χ2n) is 6.68. The molecule has 1 fully saturated rings. The van der Waals surface area contributed by atoms with Crippen molar-refractivity contribution in [1.29, 1.82) is 0 Å². The Morgan fingerprint density at radius 3 is 2.58 bits per heavy atom. The van der Waals surface area contributed by atoms with Crippen LogP contribution in [0.2, 0.25) is 0 Å². The van der Waals surface area contributed by atoms with Crippen LogP contribution in [0, 0.1) is 0 Å². The number of piperidine rings is 1. The van der Waals surface area contributed by atoms with Gasteiger partial charge in [-0.25, -0.2) is 4.98 Å². The fourth-order valence-electron chi connectivity index (χ4n) is 3.52. The van der Waals surface area contributed by atoms with Crippen molar-refractivity contribution in [3.63, 3.8) is 0 Å². The van der Waals surface area contributed by atoms with Gasteiger partial charge in [-0.05, 0) is 49.2 Å². The van der Waals surface area contributed by atoms with E-state index in [1.54, 1.807) is 18.5 Å². The van der Waals surface area contributed by atoms with E-state index >= 15 is 0 Å². The van der Waals surface area contributed by atoms with E-state index in [1.165, 1.54) is 5.56 Å². The van der Waals surface area contributed by atoms with Crippen molar-refractivity contribution in [3.8, 4) is 11.4 Å². The zero-order valence-corrected chi connectivity index (χ0v) is 14.5. The molecule has 1 N–H and O–H groups in total. The molecule has 1 atom stereocenters. The summed E-state index contributed by atoms with van der Waals surface area (Å²) in [6, 6.07) is 9.47. The first-order valence-corrected chi connectivity index (χ1v) is 8.91. The Balaban J connectivity index is 1.55. The lowest BCUT2D eigenvalue weighted by atomic mass is 9.94. The van der Waals surface area contributed by atoms with E-state index in [0.717, 1.165) is 43.7 Å². The predicted molar refractivity (Wildman–Crippen MR) is 99.6 cm³/mol. The molecule has 26 heavy (non-hydrogen) atoms. The maximum atomic E-state index is 12.2. The highest BCUT2D eigenvalue weighted by molar-refractivity contribution is 5.53. The Labute approximate surface area is 152 Å². The number of H-pyrrole nitrogens is 1. The summed E-state index contributed by atoms with van der Waals surface area (Å²) >= 11 is 0. The zero-order chi connectivity index (χ0) is 17.8. The molecule has 4 rings (SSSR count). The highest BCUT2D eigenvalue weighted by atomic mass is 16.1. The lowest BCUT2D eigenvalue weighted by Gasteiger charge is -2.32. The van der Waals surface area contributed by atoms with Crippen molar-refractivity contribution < 1.29 is 0 Å². The summed E-state index contributed by atoms with van der Waals surface area (Å²) in [5.74, 6) is 0.884. The van der Waals surface area contributed by atoms with Crippen molar-refractivity contribution in [1.82, 2.24) is 24.8 Å². The second-order valence-corrected chi connectivity index (χ2v) is 6.68. The molecule has 6 nitrogen and oxygen atoms in total. The van der Waals surface area contributed by atoms with Crippen molar-refractivity contribution in [2.24, 2.45) is 0 Å². The Morgan fingerprint density at radius 2 is 1.81 bits per heavy atom. The third-order valence-electron chi connectivity index (χ3n) is 4.79. The van der Waals surface area contributed by atoms with Gasteiger partial charge in [0.05, 0.1) is 5.69 Å². The monoisotopic (exact) mass is 347 g/mol. The predicted octanol–water partition coefficient (Wildman–Crippen LogP) is 2.61. The van der Waals surface area contributed by atoms with E-state index in [1.807, 2.05) is 24.5 Å². The number of nitrogens with zero attached hydrogens (tertiary/aromatic N) is 4. The van der Waals surface area contributed by atoms with Crippen LogP contribution < -0.4 is 5.56 Å². The molecule has 1 aliphatic rings. The fraction of sp³-hybridized carbons (Fsp3) is 0.300. The van der Waals surface area contributed by atoms with Gasteiger partial charge in [-0.15, -0.1) is 0 Å². The molecule has 132 valence electrons. The van der Waals surface area contributed by atoms with Gasteiger partial charge in [0.25, 0.3) is 5.56 Å². The first kappa shape index (κ1) is 16.6. The van der Waals surface area contributed by atoms with E-state index in [9.17, 15) is 4.79 Å². The van der Waals surface area contributed by atoms with Gasteiger partial charge in [0.2, 0.25) is 0 Å². The third-order valence-corrected chi connectivity index (χ3v) is 4.79. The molecule has 0 saturated carbocycles. The largest absolute Gasteiger partial charge is 0.307 e. The zero-order valence-electron chi connectivity index (χ0n) is 14.5. The molecule has 3 aromatic rings. The maximum absolute atomic E-state index is 12.2. The normalized spacial score (nSPS) is 17.9. The van der Waals surface area contributed by atoms with Gasteiger partial charge in [0.15, 0.2) is 0 Å². The van der Waals surface area contributed by atoms with Crippen LogP contribution in [0.3, 0.4) is 0 Å². The fourth-order valence-corrected chi connectivity index (χ4v) is 3.52. The number of nitrogens with one attached hydrogen (secondary N) is 1. The van der Waals surface area contributed by atoms with Crippen LogP contribution in [0.1, 0.15) is 30.0 Å².